The summed E-state index contributed by atoms with van der Waals surface area (Å²) in [6.45, 7) is 11.4. The van der Waals surface area contributed by atoms with Gasteiger partial charge < -0.3 is 27.1 Å². The lowest BCUT2D eigenvalue weighted by Crippen LogP contribution is -2.12. The summed E-state index contributed by atoms with van der Waals surface area (Å²) in [5, 5.41) is 0. The molecule has 0 saturated heterocycles. The van der Waals surface area contributed by atoms with E-state index in [9.17, 15) is 0 Å². The van der Waals surface area contributed by atoms with Crippen molar-refractivity contribution in [3.63, 3.8) is 0 Å². The maximum atomic E-state index is 6.72. The van der Waals surface area contributed by atoms with E-state index in [4.69, 9.17) is 40.7 Å². The summed E-state index contributed by atoms with van der Waals surface area (Å²) < 4.78 is 55.7. The van der Waals surface area contributed by atoms with Crippen molar-refractivity contribution >= 4 is 23.0 Å². The van der Waals surface area contributed by atoms with Crippen LogP contribution in [0.1, 0.15) is 33.4 Å². The van der Waals surface area contributed by atoms with E-state index in [1.54, 1.807) is 73.6 Å². The highest BCUT2D eigenvalue weighted by molar-refractivity contribution is 7.79. The second-order valence-corrected chi connectivity index (χ2v) is 18.5. The zero-order valence-corrected chi connectivity index (χ0v) is 32.9. The third-order valence-electron chi connectivity index (χ3n) is 7.29. The average Bonchev–Trinajstić information content (AvgIpc) is 3.08. The van der Waals surface area contributed by atoms with Crippen LogP contribution >= 0.6 is 23.0 Å². The zero-order valence-electron chi connectivity index (χ0n) is 30.2. The maximum Gasteiger partial charge on any atom is 0.463 e. The molecule has 6 aromatic heterocycles. The number of hydrogen-bond donors (Lipinski definition) is 0. The van der Waals surface area contributed by atoms with Crippen molar-refractivity contribution in [3.05, 3.63) is 143 Å². The monoisotopic (exact) mass is 783 g/mol. The topological polar surface area (TPSA) is 170 Å². The summed E-state index contributed by atoms with van der Waals surface area (Å²) in [7, 11) is -12.6. The van der Waals surface area contributed by atoms with Gasteiger partial charge >= 0.3 is 23.0 Å². The Morgan fingerprint density at radius 1 is 0.296 bits per heavy atom. The van der Waals surface area contributed by atoms with E-state index in [1.165, 1.54) is 0 Å². The minimum atomic E-state index is -4.19. The summed E-state index contributed by atoms with van der Waals surface area (Å²) in [6.07, 6.45) is 9.62. The predicted molar refractivity (Wildman–Crippen MR) is 206 cm³/mol. The fourth-order valence-corrected chi connectivity index (χ4v) is 13.6. The second-order valence-electron chi connectivity index (χ2n) is 12.3. The van der Waals surface area contributed by atoms with Crippen molar-refractivity contribution in [1.29, 1.82) is 0 Å². The smallest absolute Gasteiger partial charge is 0.395 e. The second kappa shape index (κ2) is 15.4. The Hall–Kier alpha value is -5.61. The van der Waals surface area contributed by atoms with E-state index in [2.05, 4.69) is 29.9 Å². The number of rotatable bonds is 12. The number of aromatic nitrogens is 6. The highest BCUT2D eigenvalue weighted by Gasteiger charge is 2.50. The lowest BCUT2D eigenvalue weighted by atomic mass is 10.3. The molecule has 276 valence electrons. The van der Waals surface area contributed by atoms with Gasteiger partial charge in [-0.25, -0.2) is 29.9 Å². The molecule has 18 heteroatoms. The van der Waals surface area contributed by atoms with Gasteiger partial charge in [-0.2, -0.15) is 0 Å². The Morgan fingerprint density at radius 3 is 0.611 bits per heavy atom. The average molecular weight is 784 g/mol. The van der Waals surface area contributed by atoms with Crippen molar-refractivity contribution in [2.45, 2.75) is 41.5 Å². The van der Waals surface area contributed by atoms with Crippen LogP contribution in [0.25, 0.3) is 0 Å². The molecule has 0 amide bonds. The molecular weight excluding hydrogens is 747 g/mol. The Labute approximate surface area is 313 Å². The third-order valence-corrected chi connectivity index (χ3v) is 15.3. The Morgan fingerprint density at radius 2 is 0.463 bits per heavy atom. The molecule has 6 aromatic rings. The van der Waals surface area contributed by atoms with Crippen LogP contribution in [0, 0.1) is 41.5 Å². The van der Waals surface area contributed by atoms with E-state index in [-0.39, 0.29) is 35.3 Å². The molecule has 7 heterocycles. The molecule has 0 spiro atoms. The van der Waals surface area contributed by atoms with E-state index < -0.39 is 23.0 Å². The maximum absolute atomic E-state index is 6.72. The van der Waals surface area contributed by atoms with Crippen LogP contribution in [-0.4, -0.2) is 29.9 Å². The van der Waals surface area contributed by atoms with Gasteiger partial charge in [0.05, 0.1) is 0 Å². The first-order valence-electron chi connectivity index (χ1n) is 16.6. The molecular formula is C36H36N9O6P3. The molecule has 15 nitrogen and oxygen atoms in total. The number of pyridine rings is 6. The molecule has 0 radical (unpaired) electrons. The van der Waals surface area contributed by atoms with Crippen LogP contribution in [0.15, 0.2) is 124 Å². The fraction of sp³-hybridized carbons (Fsp3) is 0.167. The predicted octanol–water partition coefficient (Wildman–Crippen LogP) is 10.5. The first-order valence-corrected chi connectivity index (χ1v) is 21.2. The van der Waals surface area contributed by atoms with Gasteiger partial charge in [-0.05, 0) is 111 Å². The van der Waals surface area contributed by atoms with Crippen molar-refractivity contribution in [2.24, 2.45) is 13.5 Å². The fourth-order valence-electron chi connectivity index (χ4n) is 4.84. The number of nitrogens with zero attached hydrogens (tertiary/aromatic N) is 9. The van der Waals surface area contributed by atoms with E-state index in [0.29, 0.717) is 0 Å². The van der Waals surface area contributed by atoms with Gasteiger partial charge in [0.2, 0.25) is 35.3 Å². The SMILES string of the molecule is Cc1ccnc(OP2(Oc3cc(C)ccn3)=NP(Oc3cc(C)ccn3)(Oc3cc(C)ccn3)=NP(Oc3cc(C)ccn3)(Oc3cc(C)ccn3)=N2)c1. The highest BCUT2D eigenvalue weighted by atomic mass is 31.3. The summed E-state index contributed by atoms with van der Waals surface area (Å²) in [5.74, 6) is 0.868. The zero-order chi connectivity index (χ0) is 37.8. The van der Waals surface area contributed by atoms with Gasteiger partial charge in [-0.1, -0.05) is 13.5 Å². The van der Waals surface area contributed by atoms with Crippen molar-refractivity contribution in [2.75, 3.05) is 0 Å². The molecule has 7 rings (SSSR count). The lowest BCUT2D eigenvalue weighted by molar-refractivity contribution is 0.424. The standard InChI is InChI=1S/C36H36N9O6P3/c1-25-7-13-37-31(19-25)46-52(47-32-20-26(2)8-14-38-32)43-53(48-33-21-27(3)9-15-39-33,49-34-22-28(4)10-16-40-34)45-54(44-52,50-35-23-29(5)11-17-41-35)51-36-24-30(6)12-18-42-36/h7-24H,1-6H3. The van der Waals surface area contributed by atoms with Crippen LogP contribution < -0.4 is 27.1 Å². The highest BCUT2D eigenvalue weighted by Crippen LogP contribution is 2.78. The van der Waals surface area contributed by atoms with Crippen LogP contribution in [0.4, 0.5) is 0 Å². The van der Waals surface area contributed by atoms with Crippen molar-refractivity contribution < 1.29 is 27.1 Å². The minimum Gasteiger partial charge on any atom is -0.395 e. The normalized spacial score (nSPS) is 15.0. The van der Waals surface area contributed by atoms with Crippen molar-refractivity contribution in [1.82, 2.24) is 29.9 Å². The number of hydrogen-bond acceptors (Lipinski definition) is 15. The quantitative estimate of drug-likeness (QED) is 0.108. The molecule has 0 fully saturated rings. The largest absolute Gasteiger partial charge is 0.463 e. The summed E-state index contributed by atoms with van der Waals surface area (Å²) in [4.78, 5) is 26.9. The van der Waals surface area contributed by atoms with E-state index >= 15 is 0 Å². The molecule has 0 unspecified atom stereocenters. The van der Waals surface area contributed by atoms with Crippen LogP contribution in [0.2, 0.25) is 0 Å². The molecule has 0 N–H and O–H groups in total. The molecule has 0 atom stereocenters. The summed E-state index contributed by atoms with van der Waals surface area (Å²) in [6, 6.07) is 21.3. The van der Waals surface area contributed by atoms with Gasteiger partial charge in [-0.3, -0.25) is 0 Å². The summed E-state index contributed by atoms with van der Waals surface area (Å²) in [5.41, 5.74) is 5.15. The molecule has 0 aliphatic carbocycles. The first-order chi connectivity index (χ1) is 26.0. The van der Waals surface area contributed by atoms with Gasteiger partial charge in [0.15, 0.2) is 0 Å². The Kier molecular flexibility index (Phi) is 10.5. The molecule has 0 bridgehead atoms. The molecule has 1 aliphatic heterocycles. The third kappa shape index (κ3) is 9.12. The lowest BCUT2D eigenvalue weighted by Gasteiger charge is -2.32. The van der Waals surface area contributed by atoms with Crippen LogP contribution in [-0.2, 0) is 0 Å². The van der Waals surface area contributed by atoms with Gasteiger partial charge in [0.25, 0.3) is 0 Å². The van der Waals surface area contributed by atoms with E-state index in [1.807, 2.05) is 77.9 Å². The van der Waals surface area contributed by atoms with Crippen LogP contribution in [0.5, 0.6) is 35.3 Å². The minimum absolute atomic E-state index is 0.145. The number of aryl methyl sites for hydroxylation is 6. The Bertz CT molecular complexity index is 2070. The van der Waals surface area contributed by atoms with E-state index in [0.717, 1.165) is 33.4 Å². The Balaban J connectivity index is 1.59. The first kappa shape index (κ1) is 36.7. The molecule has 0 aromatic carbocycles. The van der Waals surface area contributed by atoms with Crippen molar-refractivity contribution in [3.8, 4) is 35.3 Å². The summed E-state index contributed by atoms with van der Waals surface area (Å²) >= 11 is 0. The molecule has 0 saturated carbocycles. The van der Waals surface area contributed by atoms with Crippen LogP contribution in [0.3, 0.4) is 0 Å². The van der Waals surface area contributed by atoms with Gasteiger partial charge in [0, 0.05) is 73.6 Å². The van der Waals surface area contributed by atoms with Gasteiger partial charge in [0.1, 0.15) is 0 Å². The molecule has 1 aliphatic rings. The molecule has 54 heavy (non-hydrogen) atoms. The van der Waals surface area contributed by atoms with Gasteiger partial charge in [-0.15, -0.1) is 0 Å².